The Bertz CT molecular complexity index is 1050. The summed E-state index contributed by atoms with van der Waals surface area (Å²) in [7, 11) is 0. The Morgan fingerprint density at radius 3 is 1.78 bits per heavy atom. The second-order valence-electron chi connectivity index (χ2n) is 11.3. The summed E-state index contributed by atoms with van der Waals surface area (Å²) in [5.41, 5.74) is 9.55. The molecule has 1 aliphatic carbocycles. The van der Waals surface area contributed by atoms with Crippen molar-refractivity contribution in [3.8, 4) is 0 Å². The van der Waals surface area contributed by atoms with Crippen LogP contribution < -0.4 is 5.32 Å². The smallest absolute Gasteiger partial charge is 0.0384 e. The van der Waals surface area contributed by atoms with E-state index in [-0.39, 0.29) is 5.41 Å². The molecular weight excluding hydrogens is 386 g/mol. The first-order valence-electron chi connectivity index (χ1n) is 11.8. The van der Waals surface area contributed by atoms with Gasteiger partial charge in [-0.15, -0.1) is 0 Å². The van der Waals surface area contributed by atoms with Crippen molar-refractivity contribution < 1.29 is 0 Å². The number of benzene rings is 3. The van der Waals surface area contributed by atoms with E-state index < -0.39 is 0 Å². The summed E-state index contributed by atoms with van der Waals surface area (Å²) in [6, 6.07) is 26.5. The molecule has 0 aliphatic heterocycles. The monoisotopic (exact) mass is 423 g/mol. The van der Waals surface area contributed by atoms with Gasteiger partial charge in [-0.05, 0) is 88.1 Å². The predicted molar refractivity (Wildman–Crippen MR) is 140 cm³/mol. The maximum Gasteiger partial charge on any atom is 0.0384 e. The van der Waals surface area contributed by atoms with E-state index in [0.717, 1.165) is 30.6 Å². The van der Waals surface area contributed by atoms with Gasteiger partial charge in [-0.25, -0.2) is 0 Å². The molecular formula is C31H37N. The molecule has 1 aliphatic rings. The van der Waals surface area contributed by atoms with Crippen LogP contribution in [0.2, 0.25) is 0 Å². The van der Waals surface area contributed by atoms with E-state index in [1.807, 2.05) is 0 Å². The number of allylic oxidation sites excluding steroid dienone is 1. The van der Waals surface area contributed by atoms with Crippen LogP contribution in [-0.4, -0.2) is 0 Å². The molecule has 1 nitrogen and oxygen atoms in total. The summed E-state index contributed by atoms with van der Waals surface area (Å²) in [5, 5.41) is 3.55. The number of fused-ring (bicyclic) bond motifs is 1. The van der Waals surface area contributed by atoms with E-state index >= 15 is 0 Å². The molecule has 0 aromatic heterocycles. The van der Waals surface area contributed by atoms with E-state index in [9.17, 15) is 0 Å². The Morgan fingerprint density at radius 1 is 0.781 bits per heavy atom. The van der Waals surface area contributed by atoms with Gasteiger partial charge in [0.2, 0.25) is 0 Å². The zero-order chi connectivity index (χ0) is 22.9. The molecule has 0 amide bonds. The van der Waals surface area contributed by atoms with Crippen LogP contribution >= 0.6 is 0 Å². The van der Waals surface area contributed by atoms with Gasteiger partial charge in [-0.2, -0.15) is 0 Å². The Kier molecular flexibility index (Phi) is 6.03. The third-order valence-corrected chi connectivity index (χ3v) is 6.73. The first kappa shape index (κ1) is 22.4. The van der Waals surface area contributed by atoms with E-state index in [0.29, 0.717) is 11.3 Å². The minimum absolute atomic E-state index is 0.165. The summed E-state index contributed by atoms with van der Waals surface area (Å²) in [6.45, 7) is 16.1. The molecule has 3 aromatic rings. The summed E-state index contributed by atoms with van der Waals surface area (Å²) in [6.07, 6.45) is 3.37. The number of hydrogen-bond donors (Lipinski definition) is 1. The molecule has 0 unspecified atom stereocenters. The Hall–Kier alpha value is -2.80. The zero-order valence-electron chi connectivity index (χ0n) is 20.3. The van der Waals surface area contributed by atoms with Crippen LogP contribution in [0.1, 0.15) is 63.3 Å². The first-order chi connectivity index (χ1) is 15.1. The summed E-state index contributed by atoms with van der Waals surface area (Å²) in [4.78, 5) is 0. The summed E-state index contributed by atoms with van der Waals surface area (Å²) in [5.74, 6) is 0.509. The van der Waals surface area contributed by atoms with Gasteiger partial charge in [-0.1, -0.05) is 89.7 Å². The minimum Gasteiger partial charge on any atom is -0.356 e. The van der Waals surface area contributed by atoms with Gasteiger partial charge in [0.15, 0.2) is 0 Å². The number of hydrogen-bond acceptors (Lipinski definition) is 1. The van der Waals surface area contributed by atoms with Gasteiger partial charge in [0.05, 0.1) is 0 Å². The van der Waals surface area contributed by atoms with Crippen molar-refractivity contribution in [1.82, 2.24) is 0 Å². The molecule has 0 saturated heterocycles. The largest absolute Gasteiger partial charge is 0.356 e. The molecule has 0 atom stereocenters. The Balaban J connectivity index is 1.39. The highest BCUT2D eigenvalue weighted by molar-refractivity contribution is 5.70. The average Bonchev–Trinajstić information content (AvgIpc) is 3.17. The van der Waals surface area contributed by atoms with Crippen LogP contribution in [0, 0.1) is 11.3 Å². The van der Waals surface area contributed by atoms with Crippen molar-refractivity contribution in [3.63, 3.8) is 0 Å². The molecule has 0 bridgehead atoms. The Labute approximate surface area is 194 Å². The predicted octanol–water partition coefficient (Wildman–Crippen LogP) is 8.57. The van der Waals surface area contributed by atoms with Crippen molar-refractivity contribution in [2.24, 2.45) is 11.3 Å². The fourth-order valence-electron chi connectivity index (χ4n) is 5.41. The highest BCUT2D eigenvalue weighted by Crippen LogP contribution is 2.37. The highest BCUT2D eigenvalue weighted by atomic mass is 14.9. The second-order valence-corrected chi connectivity index (χ2v) is 11.3. The number of anilines is 2. The van der Waals surface area contributed by atoms with Crippen molar-refractivity contribution >= 4 is 16.9 Å². The zero-order valence-corrected chi connectivity index (χ0v) is 20.3. The molecule has 0 fully saturated rings. The Morgan fingerprint density at radius 2 is 1.28 bits per heavy atom. The molecule has 32 heavy (non-hydrogen) atoms. The lowest BCUT2D eigenvalue weighted by atomic mass is 9.72. The maximum atomic E-state index is 4.44. The van der Waals surface area contributed by atoms with Crippen molar-refractivity contribution in [1.29, 1.82) is 0 Å². The van der Waals surface area contributed by atoms with Gasteiger partial charge in [0, 0.05) is 11.4 Å². The molecule has 1 heteroatoms. The van der Waals surface area contributed by atoms with Crippen LogP contribution in [0.4, 0.5) is 11.4 Å². The first-order valence-corrected chi connectivity index (χ1v) is 11.8. The number of rotatable bonds is 6. The van der Waals surface area contributed by atoms with Gasteiger partial charge < -0.3 is 5.32 Å². The lowest BCUT2D eigenvalue weighted by Crippen LogP contribution is -2.24. The van der Waals surface area contributed by atoms with Gasteiger partial charge >= 0.3 is 0 Å². The molecule has 0 spiro atoms. The average molecular weight is 424 g/mol. The van der Waals surface area contributed by atoms with Gasteiger partial charge in [-0.3, -0.25) is 0 Å². The molecule has 0 saturated carbocycles. The van der Waals surface area contributed by atoms with Gasteiger partial charge in [0.25, 0.3) is 0 Å². The van der Waals surface area contributed by atoms with Gasteiger partial charge in [0.1, 0.15) is 0 Å². The molecule has 1 N–H and O–H groups in total. The fraction of sp³-hybridized carbons (Fsp3) is 0.355. The molecule has 3 aromatic carbocycles. The molecule has 4 rings (SSSR count). The molecule has 0 radical (unpaired) electrons. The quantitative estimate of drug-likeness (QED) is 0.418. The summed E-state index contributed by atoms with van der Waals surface area (Å²) < 4.78 is 0. The topological polar surface area (TPSA) is 12.0 Å². The van der Waals surface area contributed by atoms with Crippen LogP contribution in [0.15, 0.2) is 79.4 Å². The highest BCUT2D eigenvalue weighted by Gasteiger charge is 2.27. The van der Waals surface area contributed by atoms with Crippen LogP contribution in [-0.2, 0) is 18.3 Å². The SMILES string of the molecule is C=C(c1ccc(Nc2ccc(C(C)(C)CC(C)(C)C)cc2)cc1)C1Cc2ccccc2C1. The van der Waals surface area contributed by atoms with E-state index in [1.165, 1.54) is 27.8 Å². The van der Waals surface area contributed by atoms with Crippen molar-refractivity contribution in [2.75, 3.05) is 5.32 Å². The molecule has 166 valence electrons. The van der Waals surface area contributed by atoms with Crippen LogP contribution in [0.3, 0.4) is 0 Å². The maximum absolute atomic E-state index is 4.44. The second kappa shape index (κ2) is 8.62. The normalized spacial score (nSPS) is 14.3. The number of nitrogens with one attached hydrogen (secondary N) is 1. The fourth-order valence-corrected chi connectivity index (χ4v) is 5.41. The van der Waals surface area contributed by atoms with Crippen LogP contribution in [0.25, 0.3) is 5.57 Å². The standard InChI is InChI=1S/C31H37N/c1-22(26-19-24-9-7-8-10-25(24)20-26)23-11-15-28(16-12-23)32-29-17-13-27(14-18-29)31(5,6)21-30(2,3)4/h7-18,26,32H,1,19-21H2,2-6H3. The third-order valence-electron chi connectivity index (χ3n) is 6.73. The minimum atomic E-state index is 0.165. The lowest BCUT2D eigenvalue weighted by molar-refractivity contribution is 0.284. The van der Waals surface area contributed by atoms with E-state index in [4.69, 9.17) is 0 Å². The lowest BCUT2D eigenvalue weighted by Gasteiger charge is -2.33. The summed E-state index contributed by atoms with van der Waals surface area (Å²) >= 11 is 0. The van der Waals surface area contributed by atoms with E-state index in [1.54, 1.807) is 0 Å². The third kappa shape index (κ3) is 5.15. The van der Waals surface area contributed by atoms with Crippen LogP contribution in [0.5, 0.6) is 0 Å². The van der Waals surface area contributed by atoms with Crippen molar-refractivity contribution in [2.45, 2.75) is 59.3 Å². The van der Waals surface area contributed by atoms with Crippen molar-refractivity contribution in [3.05, 3.63) is 102 Å². The molecule has 0 heterocycles. The van der Waals surface area contributed by atoms with E-state index in [2.05, 4.69) is 119 Å².